The second-order valence-electron chi connectivity index (χ2n) is 4.10. The number of para-hydroxylation sites is 1. The molecule has 4 nitrogen and oxygen atoms in total. The minimum absolute atomic E-state index is 0.158. The van der Waals surface area contributed by atoms with E-state index in [1.165, 1.54) is 0 Å². The molecule has 0 aliphatic rings. The Morgan fingerprint density at radius 1 is 1.05 bits per heavy atom. The van der Waals surface area contributed by atoms with Crippen molar-refractivity contribution in [2.45, 2.75) is 0 Å². The fourth-order valence-corrected chi connectivity index (χ4v) is 2.17. The molecule has 2 aromatic carbocycles. The van der Waals surface area contributed by atoms with Crippen LogP contribution in [0.3, 0.4) is 0 Å². The third-order valence-electron chi connectivity index (χ3n) is 2.91. The Morgan fingerprint density at radius 2 is 1.74 bits per heavy atom. The summed E-state index contributed by atoms with van der Waals surface area (Å²) in [6.45, 7) is 0. The summed E-state index contributed by atoms with van der Waals surface area (Å²) in [5.74, 6) is 0.158. The van der Waals surface area contributed by atoms with Gasteiger partial charge < -0.3 is 5.73 Å². The Hall–Kier alpha value is -2.33. The minimum Gasteiger partial charge on any atom is -0.369 e. The fraction of sp³-hybridized carbons (Fsp3) is 0. The van der Waals surface area contributed by atoms with Crippen molar-refractivity contribution in [3.05, 3.63) is 63.9 Å². The predicted molar refractivity (Wildman–Crippen MR) is 76.8 cm³/mol. The number of nitrogens with two attached hydrogens (primary N) is 1. The average molecular weight is 272 g/mol. The Kier molecular flexibility index (Phi) is 2.72. The summed E-state index contributed by atoms with van der Waals surface area (Å²) in [6, 6.07) is 14.4. The molecule has 3 rings (SSSR count). The van der Waals surface area contributed by atoms with Crippen molar-refractivity contribution >= 4 is 28.5 Å². The predicted octanol–water partition coefficient (Wildman–Crippen LogP) is 2.62. The summed E-state index contributed by atoms with van der Waals surface area (Å²) in [4.78, 5) is 15.7. The van der Waals surface area contributed by atoms with Gasteiger partial charge in [0.2, 0.25) is 5.95 Å². The number of nitrogen functional groups attached to an aromatic ring is 1. The maximum absolute atomic E-state index is 11.8. The van der Waals surface area contributed by atoms with E-state index in [1.54, 1.807) is 28.8 Å². The molecule has 0 spiro atoms. The van der Waals surface area contributed by atoms with Crippen molar-refractivity contribution < 1.29 is 0 Å². The molecule has 1 aromatic heterocycles. The largest absolute Gasteiger partial charge is 0.369 e. The zero-order chi connectivity index (χ0) is 13.4. The van der Waals surface area contributed by atoms with Crippen molar-refractivity contribution in [1.82, 2.24) is 9.55 Å². The Balaban J connectivity index is 2.40. The van der Waals surface area contributed by atoms with Gasteiger partial charge in [-0.2, -0.15) is 4.98 Å². The molecule has 1 heterocycles. The monoisotopic (exact) mass is 271 g/mol. The maximum atomic E-state index is 11.8. The van der Waals surface area contributed by atoms with Crippen LogP contribution in [0, 0.1) is 0 Å². The zero-order valence-corrected chi connectivity index (χ0v) is 10.6. The molecular formula is C14H10ClN3O. The van der Waals surface area contributed by atoms with Gasteiger partial charge in [0.1, 0.15) is 0 Å². The van der Waals surface area contributed by atoms with Crippen LogP contribution in [0.2, 0.25) is 5.02 Å². The third kappa shape index (κ3) is 1.96. The van der Waals surface area contributed by atoms with E-state index < -0.39 is 0 Å². The highest BCUT2D eigenvalue weighted by Gasteiger charge is 2.09. The number of hydrogen-bond acceptors (Lipinski definition) is 3. The first-order chi connectivity index (χ1) is 9.16. The maximum Gasteiger partial charge on any atom is 0.282 e. The number of benzene rings is 2. The number of nitrogens with zero attached hydrogens (tertiary/aromatic N) is 2. The summed E-state index contributed by atoms with van der Waals surface area (Å²) < 4.78 is 1.73. The Bertz CT molecular complexity index is 809. The van der Waals surface area contributed by atoms with Crippen LogP contribution in [-0.4, -0.2) is 9.55 Å². The standard InChI is InChI=1S/C14H10ClN3O/c15-9-5-7-10(8-6-9)18-12-4-2-1-3-11(12)13(19)17-14(18)16/h1-8H,(H2,16,17,19). The number of aromatic nitrogens is 2. The number of rotatable bonds is 1. The van der Waals surface area contributed by atoms with Crippen molar-refractivity contribution in [2.24, 2.45) is 0 Å². The molecule has 0 saturated carbocycles. The van der Waals surface area contributed by atoms with Crippen LogP contribution in [0.1, 0.15) is 0 Å². The molecule has 19 heavy (non-hydrogen) atoms. The summed E-state index contributed by atoms with van der Waals surface area (Å²) in [5.41, 5.74) is 7.09. The topological polar surface area (TPSA) is 60.9 Å². The molecule has 0 amide bonds. The van der Waals surface area contributed by atoms with Gasteiger partial charge in [-0.3, -0.25) is 9.36 Å². The second kappa shape index (κ2) is 4.40. The number of halogens is 1. The Labute approximate surface area is 114 Å². The molecule has 0 unspecified atom stereocenters. The first-order valence-electron chi connectivity index (χ1n) is 5.70. The van der Waals surface area contributed by atoms with Gasteiger partial charge in [-0.1, -0.05) is 23.7 Å². The van der Waals surface area contributed by atoms with Crippen LogP contribution in [0.25, 0.3) is 16.6 Å². The SMILES string of the molecule is Nc1nc(=O)c2ccccc2n1-c1ccc(Cl)cc1. The van der Waals surface area contributed by atoms with Crippen LogP contribution in [0.5, 0.6) is 0 Å². The lowest BCUT2D eigenvalue weighted by Crippen LogP contribution is -2.16. The molecule has 5 heteroatoms. The molecule has 2 N–H and O–H groups in total. The van der Waals surface area contributed by atoms with Crippen molar-refractivity contribution in [1.29, 1.82) is 0 Å². The van der Waals surface area contributed by atoms with E-state index in [9.17, 15) is 4.79 Å². The van der Waals surface area contributed by atoms with E-state index in [2.05, 4.69) is 4.98 Å². The van der Waals surface area contributed by atoms with Crippen molar-refractivity contribution in [2.75, 3.05) is 5.73 Å². The second-order valence-corrected chi connectivity index (χ2v) is 4.54. The Morgan fingerprint density at radius 3 is 2.47 bits per heavy atom. The lowest BCUT2D eigenvalue weighted by molar-refractivity contribution is 1.04. The van der Waals surface area contributed by atoms with Gasteiger partial charge in [0, 0.05) is 10.7 Å². The molecule has 0 aliphatic heterocycles. The van der Waals surface area contributed by atoms with Gasteiger partial charge in [-0.15, -0.1) is 0 Å². The zero-order valence-electron chi connectivity index (χ0n) is 9.88. The van der Waals surface area contributed by atoms with Crippen LogP contribution < -0.4 is 11.3 Å². The summed E-state index contributed by atoms with van der Waals surface area (Å²) in [5, 5.41) is 1.17. The average Bonchev–Trinajstić information content (AvgIpc) is 2.41. The van der Waals surface area contributed by atoms with Gasteiger partial charge in [0.25, 0.3) is 5.56 Å². The molecule has 0 atom stereocenters. The third-order valence-corrected chi connectivity index (χ3v) is 3.16. The fourth-order valence-electron chi connectivity index (χ4n) is 2.05. The van der Waals surface area contributed by atoms with Crippen LogP contribution >= 0.6 is 11.6 Å². The summed E-state index contributed by atoms with van der Waals surface area (Å²) in [7, 11) is 0. The van der Waals surface area contributed by atoms with E-state index in [-0.39, 0.29) is 11.5 Å². The number of hydrogen-bond donors (Lipinski definition) is 1. The molecular weight excluding hydrogens is 262 g/mol. The smallest absolute Gasteiger partial charge is 0.282 e. The van der Waals surface area contributed by atoms with Gasteiger partial charge in [0.15, 0.2) is 0 Å². The van der Waals surface area contributed by atoms with E-state index in [4.69, 9.17) is 17.3 Å². The highest BCUT2D eigenvalue weighted by Crippen LogP contribution is 2.20. The molecule has 0 radical (unpaired) electrons. The van der Waals surface area contributed by atoms with E-state index in [0.29, 0.717) is 10.4 Å². The first kappa shape index (κ1) is 11.7. The van der Waals surface area contributed by atoms with E-state index in [1.807, 2.05) is 24.3 Å². The van der Waals surface area contributed by atoms with Gasteiger partial charge in [-0.05, 0) is 36.4 Å². The molecule has 0 fully saturated rings. The quantitative estimate of drug-likeness (QED) is 0.740. The number of anilines is 1. The normalized spacial score (nSPS) is 10.8. The summed E-state index contributed by atoms with van der Waals surface area (Å²) in [6.07, 6.45) is 0. The van der Waals surface area contributed by atoms with Gasteiger partial charge in [-0.25, -0.2) is 0 Å². The minimum atomic E-state index is -0.321. The summed E-state index contributed by atoms with van der Waals surface area (Å²) >= 11 is 5.88. The molecule has 0 bridgehead atoms. The first-order valence-corrected chi connectivity index (χ1v) is 6.08. The van der Waals surface area contributed by atoms with Crippen molar-refractivity contribution in [3.63, 3.8) is 0 Å². The van der Waals surface area contributed by atoms with E-state index >= 15 is 0 Å². The van der Waals surface area contributed by atoms with Gasteiger partial charge in [0.05, 0.1) is 10.9 Å². The molecule has 3 aromatic rings. The van der Waals surface area contributed by atoms with Crippen molar-refractivity contribution in [3.8, 4) is 5.69 Å². The van der Waals surface area contributed by atoms with Crippen LogP contribution in [-0.2, 0) is 0 Å². The lowest BCUT2D eigenvalue weighted by atomic mass is 10.2. The molecule has 0 saturated heterocycles. The highest BCUT2D eigenvalue weighted by atomic mass is 35.5. The molecule has 94 valence electrons. The highest BCUT2D eigenvalue weighted by molar-refractivity contribution is 6.30. The van der Waals surface area contributed by atoms with Crippen LogP contribution in [0.4, 0.5) is 5.95 Å². The van der Waals surface area contributed by atoms with E-state index in [0.717, 1.165) is 11.2 Å². The lowest BCUT2D eigenvalue weighted by Gasteiger charge is -2.12. The molecule has 0 aliphatic carbocycles. The van der Waals surface area contributed by atoms with Gasteiger partial charge >= 0.3 is 0 Å². The van der Waals surface area contributed by atoms with Crippen LogP contribution in [0.15, 0.2) is 53.3 Å². The number of fused-ring (bicyclic) bond motifs is 1.